The maximum atomic E-state index is 12.9. The van der Waals surface area contributed by atoms with Crippen molar-refractivity contribution >= 4 is 39.7 Å². The highest BCUT2D eigenvalue weighted by molar-refractivity contribution is 7.17. The van der Waals surface area contributed by atoms with Crippen molar-refractivity contribution in [3.05, 3.63) is 39.6 Å². The molecule has 2 aromatic rings. The van der Waals surface area contributed by atoms with Crippen molar-refractivity contribution in [2.45, 2.75) is 6.92 Å². The molecule has 0 bridgehead atoms. The van der Waals surface area contributed by atoms with Crippen LogP contribution in [0.3, 0.4) is 0 Å². The van der Waals surface area contributed by atoms with Crippen LogP contribution >= 0.6 is 22.9 Å². The molecule has 0 saturated carbocycles. The van der Waals surface area contributed by atoms with E-state index in [0.717, 1.165) is 11.3 Å². The van der Waals surface area contributed by atoms with Crippen molar-refractivity contribution in [3.8, 4) is 0 Å². The number of aromatic nitrogens is 1. The van der Waals surface area contributed by atoms with E-state index in [1.807, 2.05) is 0 Å². The lowest BCUT2D eigenvalue weighted by Crippen LogP contribution is -1.94. The quantitative estimate of drug-likeness (QED) is 0.903. The Morgan fingerprint density at radius 3 is 2.83 bits per heavy atom. The smallest absolute Gasteiger partial charge is 0.347 e. The third kappa shape index (κ3) is 2.60. The first-order chi connectivity index (χ1) is 8.47. The van der Waals surface area contributed by atoms with Gasteiger partial charge in [0.05, 0.1) is 16.4 Å². The highest BCUT2D eigenvalue weighted by Gasteiger charge is 2.14. The third-order valence-electron chi connectivity index (χ3n) is 2.16. The van der Waals surface area contributed by atoms with Gasteiger partial charge >= 0.3 is 5.97 Å². The van der Waals surface area contributed by atoms with Crippen LogP contribution in [-0.2, 0) is 0 Å². The Morgan fingerprint density at radius 2 is 2.28 bits per heavy atom. The molecule has 1 aromatic heterocycles. The molecule has 0 aliphatic carbocycles. The topological polar surface area (TPSA) is 62.2 Å². The van der Waals surface area contributed by atoms with Gasteiger partial charge in [0.2, 0.25) is 0 Å². The number of hydrogen-bond acceptors (Lipinski definition) is 4. The molecule has 1 heterocycles. The predicted octanol–water partition coefficient (Wildman–Crippen LogP) is 3.69. The maximum Gasteiger partial charge on any atom is 0.347 e. The lowest BCUT2D eigenvalue weighted by molar-refractivity contribution is 0.0701. The molecule has 94 valence electrons. The predicted molar refractivity (Wildman–Crippen MR) is 68.5 cm³/mol. The molecule has 2 N–H and O–H groups in total. The molecule has 4 nitrogen and oxygen atoms in total. The fourth-order valence-corrected chi connectivity index (χ4v) is 2.39. The molecule has 0 radical (unpaired) electrons. The maximum absolute atomic E-state index is 12.9. The number of carbonyl (C=O) groups is 1. The Kier molecular flexibility index (Phi) is 3.49. The summed E-state index contributed by atoms with van der Waals surface area (Å²) in [6.07, 6.45) is 0. The van der Waals surface area contributed by atoms with Gasteiger partial charge in [0.15, 0.2) is 5.13 Å². The Labute approximate surface area is 111 Å². The number of benzene rings is 1. The van der Waals surface area contributed by atoms with Gasteiger partial charge in [-0.05, 0) is 25.1 Å². The zero-order chi connectivity index (χ0) is 13.3. The Bertz CT molecular complexity index is 615. The van der Waals surface area contributed by atoms with Crippen LogP contribution in [0.5, 0.6) is 0 Å². The van der Waals surface area contributed by atoms with Gasteiger partial charge in [-0.15, -0.1) is 0 Å². The zero-order valence-electron chi connectivity index (χ0n) is 9.20. The molecule has 0 aliphatic heterocycles. The fourth-order valence-electron chi connectivity index (χ4n) is 1.35. The van der Waals surface area contributed by atoms with Crippen molar-refractivity contribution in [1.29, 1.82) is 0 Å². The van der Waals surface area contributed by atoms with Crippen molar-refractivity contribution < 1.29 is 14.3 Å². The number of nitrogens with zero attached hydrogens (tertiary/aromatic N) is 1. The van der Waals surface area contributed by atoms with Gasteiger partial charge in [-0.25, -0.2) is 14.2 Å². The van der Waals surface area contributed by atoms with E-state index in [4.69, 9.17) is 16.7 Å². The highest BCUT2D eigenvalue weighted by atomic mass is 35.5. The van der Waals surface area contributed by atoms with E-state index in [2.05, 4.69) is 10.3 Å². The van der Waals surface area contributed by atoms with Crippen LogP contribution in [0.4, 0.5) is 15.2 Å². The van der Waals surface area contributed by atoms with Gasteiger partial charge in [-0.2, -0.15) is 0 Å². The first-order valence-electron chi connectivity index (χ1n) is 4.90. The number of rotatable bonds is 3. The molecule has 0 unspecified atom stereocenters. The van der Waals surface area contributed by atoms with Crippen molar-refractivity contribution in [3.63, 3.8) is 0 Å². The van der Waals surface area contributed by atoms with Crippen LogP contribution in [0.25, 0.3) is 0 Å². The van der Waals surface area contributed by atoms with Gasteiger partial charge in [-0.3, -0.25) is 0 Å². The second kappa shape index (κ2) is 4.91. The van der Waals surface area contributed by atoms with E-state index in [-0.39, 0.29) is 9.90 Å². The second-order valence-corrected chi connectivity index (χ2v) is 4.89. The van der Waals surface area contributed by atoms with E-state index in [1.165, 1.54) is 18.2 Å². The summed E-state index contributed by atoms with van der Waals surface area (Å²) in [4.78, 5) is 15.1. The normalized spacial score (nSPS) is 10.4. The second-order valence-electron chi connectivity index (χ2n) is 3.49. The molecule has 7 heteroatoms. The van der Waals surface area contributed by atoms with Gasteiger partial charge in [0.25, 0.3) is 0 Å². The van der Waals surface area contributed by atoms with E-state index >= 15 is 0 Å². The minimum absolute atomic E-state index is 0.163. The summed E-state index contributed by atoms with van der Waals surface area (Å²) < 4.78 is 12.9. The van der Waals surface area contributed by atoms with Crippen LogP contribution in [0.15, 0.2) is 18.2 Å². The number of halogens is 2. The third-order valence-corrected chi connectivity index (χ3v) is 3.54. The number of carboxylic acid groups (broad SMARTS) is 1. The molecule has 0 saturated heterocycles. The molecule has 0 fully saturated rings. The molecule has 0 atom stereocenters. The van der Waals surface area contributed by atoms with Crippen molar-refractivity contribution in [2.75, 3.05) is 5.32 Å². The lowest BCUT2D eigenvalue weighted by atomic mass is 10.3. The molecule has 0 aliphatic rings. The molecule has 0 spiro atoms. The summed E-state index contributed by atoms with van der Waals surface area (Å²) in [5.74, 6) is -1.46. The van der Waals surface area contributed by atoms with Gasteiger partial charge < -0.3 is 10.4 Å². The van der Waals surface area contributed by atoms with E-state index in [0.29, 0.717) is 16.5 Å². The van der Waals surface area contributed by atoms with E-state index < -0.39 is 11.8 Å². The summed E-state index contributed by atoms with van der Waals surface area (Å²) in [6.45, 7) is 1.61. The number of hydrogen-bond donors (Lipinski definition) is 2. The highest BCUT2D eigenvalue weighted by Crippen LogP contribution is 2.29. The SMILES string of the molecule is Cc1nc(Nc2ccc(F)cc2Cl)sc1C(=O)O. The van der Waals surface area contributed by atoms with Crippen LogP contribution in [0, 0.1) is 12.7 Å². The lowest BCUT2D eigenvalue weighted by Gasteiger charge is -2.04. The largest absolute Gasteiger partial charge is 0.477 e. The number of anilines is 2. The minimum atomic E-state index is -1.02. The number of aromatic carboxylic acids is 1. The fraction of sp³-hybridized carbons (Fsp3) is 0.0909. The van der Waals surface area contributed by atoms with E-state index in [9.17, 15) is 9.18 Å². The standard InChI is InChI=1S/C11H8ClFN2O2S/c1-5-9(10(16)17)18-11(14-5)15-8-3-2-6(13)4-7(8)12/h2-4H,1H3,(H,14,15)(H,16,17). The monoisotopic (exact) mass is 286 g/mol. The molecular formula is C11H8ClFN2O2S. The first kappa shape index (κ1) is 12.8. The molecule has 1 aromatic carbocycles. The van der Waals surface area contributed by atoms with Crippen molar-refractivity contribution in [2.24, 2.45) is 0 Å². The van der Waals surface area contributed by atoms with Gasteiger partial charge in [-0.1, -0.05) is 22.9 Å². The summed E-state index contributed by atoms with van der Waals surface area (Å²) in [5, 5.41) is 12.4. The Balaban J connectivity index is 2.29. The van der Waals surface area contributed by atoms with Gasteiger partial charge in [0, 0.05) is 0 Å². The summed E-state index contributed by atoms with van der Waals surface area (Å²) in [5.41, 5.74) is 0.900. The zero-order valence-corrected chi connectivity index (χ0v) is 10.8. The Morgan fingerprint density at radius 1 is 1.56 bits per heavy atom. The van der Waals surface area contributed by atoms with Crippen LogP contribution < -0.4 is 5.32 Å². The number of thiazole rings is 1. The summed E-state index contributed by atoms with van der Waals surface area (Å²) >= 11 is 6.85. The summed E-state index contributed by atoms with van der Waals surface area (Å²) in [7, 11) is 0. The molecule has 18 heavy (non-hydrogen) atoms. The number of nitrogens with one attached hydrogen (secondary N) is 1. The molecule has 2 rings (SSSR count). The number of carboxylic acids is 1. The molecule has 0 amide bonds. The summed E-state index contributed by atoms with van der Waals surface area (Å²) in [6, 6.07) is 3.89. The first-order valence-corrected chi connectivity index (χ1v) is 6.09. The average molecular weight is 287 g/mol. The van der Waals surface area contributed by atoms with Crippen LogP contribution in [0.1, 0.15) is 15.4 Å². The Hall–Kier alpha value is -1.66. The van der Waals surface area contributed by atoms with Crippen LogP contribution in [0.2, 0.25) is 5.02 Å². The number of aryl methyl sites for hydroxylation is 1. The molecular weight excluding hydrogens is 279 g/mol. The van der Waals surface area contributed by atoms with Gasteiger partial charge in [0.1, 0.15) is 10.7 Å². The van der Waals surface area contributed by atoms with Crippen LogP contribution in [-0.4, -0.2) is 16.1 Å². The van der Waals surface area contributed by atoms with E-state index in [1.54, 1.807) is 6.92 Å². The average Bonchev–Trinajstić information content (AvgIpc) is 2.64. The van der Waals surface area contributed by atoms with Crippen molar-refractivity contribution in [1.82, 2.24) is 4.98 Å². The minimum Gasteiger partial charge on any atom is -0.477 e.